The van der Waals surface area contributed by atoms with Crippen molar-refractivity contribution in [1.29, 1.82) is 5.26 Å². The third-order valence-electron chi connectivity index (χ3n) is 3.12. The maximum absolute atomic E-state index is 8.52. The summed E-state index contributed by atoms with van der Waals surface area (Å²) in [6.07, 6.45) is 2.93. The molecule has 0 aliphatic carbocycles. The molecule has 0 unspecified atom stereocenters. The predicted molar refractivity (Wildman–Crippen MR) is 67.4 cm³/mol. The van der Waals surface area contributed by atoms with Gasteiger partial charge in [-0.3, -0.25) is 0 Å². The van der Waals surface area contributed by atoms with Gasteiger partial charge in [-0.05, 0) is 6.42 Å². The second-order valence-electron chi connectivity index (χ2n) is 4.92. The van der Waals surface area contributed by atoms with Crippen molar-refractivity contribution in [3.63, 3.8) is 0 Å². The summed E-state index contributed by atoms with van der Waals surface area (Å²) in [7, 11) is 0. The SMILES string of the molecule is CC/C=N/C1OCC2(COC(CCC#N)OC2)CO1. The monoisotopic (exact) mass is 268 g/mol. The van der Waals surface area contributed by atoms with Crippen LogP contribution in [0.25, 0.3) is 0 Å². The van der Waals surface area contributed by atoms with E-state index in [1.54, 1.807) is 6.21 Å². The average molecular weight is 268 g/mol. The Morgan fingerprint density at radius 2 is 1.84 bits per heavy atom. The molecule has 2 fully saturated rings. The lowest BCUT2D eigenvalue weighted by atomic mass is 9.91. The standard InChI is InChI=1S/C13H20N2O4/c1-2-6-15-12-18-9-13(10-19-12)7-16-11(17-8-13)4-3-5-14/h6,11-12H,2-4,7-10H2,1H3/b15-6+. The van der Waals surface area contributed by atoms with Crippen molar-refractivity contribution < 1.29 is 18.9 Å². The van der Waals surface area contributed by atoms with Gasteiger partial charge in [0, 0.05) is 19.1 Å². The zero-order valence-corrected chi connectivity index (χ0v) is 11.2. The highest BCUT2D eigenvalue weighted by atomic mass is 16.7. The first kappa shape index (κ1) is 14.4. The van der Waals surface area contributed by atoms with Crippen molar-refractivity contribution >= 4 is 6.21 Å². The van der Waals surface area contributed by atoms with Crippen molar-refractivity contribution in [2.24, 2.45) is 10.4 Å². The average Bonchev–Trinajstić information content (AvgIpc) is 2.46. The first-order valence-corrected chi connectivity index (χ1v) is 6.63. The van der Waals surface area contributed by atoms with Gasteiger partial charge in [-0.15, -0.1) is 0 Å². The van der Waals surface area contributed by atoms with Gasteiger partial charge >= 0.3 is 0 Å². The Kier molecular flexibility index (Phi) is 5.28. The van der Waals surface area contributed by atoms with Gasteiger partial charge in [-0.1, -0.05) is 6.92 Å². The van der Waals surface area contributed by atoms with Crippen LogP contribution in [-0.4, -0.2) is 45.3 Å². The molecule has 2 aliphatic heterocycles. The molecule has 2 heterocycles. The van der Waals surface area contributed by atoms with E-state index in [1.807, 2.05) is 6.92 Å². The summed E-state index contributed by atoms with van der Waals surface area (Å²) in [6.45, 7) is 4.12. The van der Waals surface area contributed by atoms with Gasteiger partial charge in [0.25, 0.3) is 6.41 Å². The largest absolute Gasteiger partial charge is 0.352 e. The lowest BCUT2D eigenvalue weighted by molar-refractivity contribution is -0.301. The van der Waals surface area contributed by atoms with Crippen LogP contribution in [0.5, 0.6) is 0 Å². The van der Waals surface area contributed by atoms with E-state index in [9.17, 15) is 0 Å². The van der Waals surface area contributed by atoms with Crippen LogP contribution in [0.3, 0.4) is 0 Å². The van der Waals surface area contributed by atoms with Gasteiger partial charge in [0.15, 0.2) is 6.29 Å². The molecule has 2 aliphatic rings. The van der Waals surface area contributed by atoms with Crippen molar-refractivity contribution in [2.75, 3.05) is 26.4 Å². The number of nitrogens with zero attached hydrogens (tertiary/aromatic N) is 2. The molecule has 0 N–H and O–H groups in total. The molecule has 2 saturated heterocycles. The fourth-order valence-electron chi connectivity index (χ4n) is 2.01. The number of rotatable bonds is 4. The quantitative estimate of drug-likeness (QED) is 0.722. The third kappa shape index (κ3) is 3.98. The summed E-state index contributed by atoms with van der Waals surface area (Å²) in [5.74, 6) is 0. The summed E-state index contributed by atoms with van der Waals surface area (Å²) >= 11 is 0. The van der Waals surface area contributed by atoms with E-state index in [0.29, 0.717) is 39.3 Å². The summed E-state index contributed by atoms with van der Waals surface area (Å²) < 4.78 is 22.4. The van der Waals surface area contributed by atoms with Gasteiger partial charge in [0.2, 0.25) is 0 Å². The maximum atomic E-state index is 8.52. The van der Waals surface area contributed by atoms with Crippen LogP contribution in [0.15, 0.2) is 4.99 Å². The highest BCUT2D eigenvalue weighted by Gasteiger charge is 2.41. The first-order chi connectivity index (χ1) is 9.28. The minimum Gasteiger partial charge on any atom is -0.352 e. The Morgan fingerprint density at radius 3 is 2.42 bits per heavy atom. The lowest BCUT2D eigenvalue weighted by Gasteiger charge is -2.42. The molecule has 0 radical (unpaired) electrons. The van der Waals surface area contributed by atoms with E-state index >= 15 is 0 Å². The Hall–Kier alpha value is -1.00. The number of nitriles is 1. The van der Waals surface area contributed by atoms with Crippen molar-refractivity contribution in [3.8, 4) is 6.07 Å². The summed E-state index contributed by atoms with van der Waals surface area (Å²) in [4.78, 5) is 4.15. The van der Waals surface area contributed by atoms with E-state index in [2.05, 4.69) is 11.1 Å². The molecule has 106 valence electrons. The minimum atomic E-state index is -0.498. The molecule has 0 atom stereocenters. The lowest BCUT2D eigenvalue weighted by Crippen LogP contribution is -2.51. The van der Waals surface area contributed by atoms with Gasteiger partial charge in [0.1, 0.15) is 0 Å². The van der Waals surface area contributed by atoms with Crippen LogP contribution in [0, 0.1) is 16.7 Å². The fraction of sp³-hybridized carbons (Fsp3) is 0.846. The van der Waals surface area contributed by atoms with Gasteiger partial charge in [-0.25, -0.2) is 4.99 Å². The number of aliphatic imine (C=N–C) groups is 1. The Balaban J connectivity index is 1.75. The maximum Gasteiger partial charge on any atom is 0.257 e. The summed E-state index contributed by atoms with van der Waals surface area (Å²) in [5, 5.41) is 8.52. The number of hydrogen-bond acceptors (Lipinski definition) is 6. The smallest absolute Gasteiger partial charge is 0.257 e. The van der Waals surface area contributed by atoms with Crippen molar-refractivity contribution in [1.82, 2.24) is 0 Å². The molecule has 0 bridgehead atoms. The van der Waals surface area contributed by atoms with Gasteiger partial charge in [0.05, 0.1) is 37.9 Å². The topological polar surface area (TPSA) is 73.1 Å². The Labute approximate surface area is 113 Å². The molecule has 2 rings (SSSR count). The van der Waals surface area contributed by atoms with Crippen LogP contribution in [-0.2, 0) is 18.9 Å². The highest BCUT2D eigenvalue weighted by Crippen LogP contribution is 2.31. The fourth-order valence-corrected chi connectivity index (χ4v) is 2.01. The zero-order valence-electron chi connectivity index (χ0n) is 11.2. The summed E-state index contributed by atoms with van der Waals surface area (Å²) in [6, 6.07) is 2.09. The Bertz CT molecular complexity index is 335. The molecule has 0 amide bonds. The second kappa shape index (κ2) is 6.96. The molecule has 0 saturated carbocycles. The minimum absolute atomic E-state index is 0.235. The summed E-state index contributed by atoms with van der Waals surface area (Å²) in [5.41, 5.74) is -0.235. The van der Waals surface area contributed by atoms with E-state index in [-0.39, 0.29) is 11.7 Å². The normalized spacial score (nSPS) is 35.6. The molecule has 0 aromatic carbocycles. The van der Waals surface area contributed by atoms with Crippen LogP contribution in [0.4, 0.5) is 0 Å². The molecule has 1 spiro atoms. The molecule has 19 heavy (non-hydrogen) atoms. The van der Waals surface area contributed by atoms with E-state index < -0.39 is 6.41 Å². The number of ether oxygens (including phenoxy) is 4. The number of hydrogen-bond donors (Lipinski definition) is 0. The molecule has 0 aromatic rings. The van der Waals surface area contributed by atoms with Gasteiger partial charge in [-0.2, -0.15) is 5.26 Å². The highest BCUT2D eigenvalue weighted by molar-refractivity contribution is 5.56. The van der Waals surface area contributed by atoms with E-state index in [0.717, 1.165) is 6.42 Å². The Morgan fingerprint density at radius 1 is 1.21 bits per heavy atom. The second-order valence-corrected chi connectivity index (χ2v) is 4.92. The third-order valence-corrected chi connectivity index (χ3v) is 3.12. The van der Waals surface area contributed by atoms with Crippen molar-refractivity contribution in [3.05, 3.63) is 0 Å². The zero-order chi connectivity index (χ0) is 13.6. The predicted octanol–water partition coefficient (Wildman–Crippen LogP) is 1.46. The van der Waals surface area contributed by atoms with Crippen LogP contribution in [0.1, 0.15) is 26.2 Å². The van der Waals surface area contributed by atoms with Crippen LogP contribution in [0.2, 0.25) is 0 Å². The molecule has 0 aromatic heterocycles. The molecular formula is C13H20N2O4. The molecular weight excluding hydrogens is 248 g/mol. The van der Waals surface area contributed by atoms with Crippen molar-refractivity contribution in [2.45, 2.75) is 38.9 Å². The molecule has 6 heteroatoms. The van der Waals surface area contributed by atoms with E-state index in [1.165, 1.54) is 0 Å². The molecule has 6 nitrogen and oxygen atoms in total. The first-order valence-electron chi connectivity index (χ1n) is 6.63. The van der Waals surface area contributed by atoms with Crippen LogP contribution >= 0.6 is 0 Å². The van der Waals surface area contributed by atoms with Crippen LogP contribution < -0.4 is 0 Å². The van der Waals surface area contributed by atoms with Gasteiger partial charge < -0.3 is 18.9 Å². The van der Waals surface area contributed by atoms with E-state index in [4.69, 9.17) is 24.2 Å².